The molecule has 0 unspecified atom stereocenters. The minimum absolute atomic E-state index is 0.788. The van der Waals surface area contributed by atoms with E-state index >= 15 is 0 Å². The van der Waals surface area contributed by atoms with Gasteiger partial charge in [0, 0.05) is 39.7 Å². The molecule has 0 bridgehead atoms. The summed E-state index contributed by atoms with van der Waals surface area (Å²) in [5.41, 5.74) is 6.58. The van der Waals surface area contributed by atoms with Gasteiger partial charge in [0.2, 0.25) is 0 Å². The Balaban J connectivity index is 1.77. The van der Waals surface area contributed by atoms with Crippen molar-refractivity contribution < 1.29 is 0 Å². The van der Waals surface area contributed by atoms with Gasteiger partial charge >= 0.3 is 0 Å². The van der Waals surface area contributed by atoms with Crippen molar-refractivity contribution in [3.8, 4) is 10.4 Å². The van der Waals surface area contributed by atoms with Crippen LogP contribution in [0.15, 0.2) is 27.6 Å². The molecule has 0 N–H and O–H groups in total. The smallest absolute Gasteiger partial charge is 0.138 e. The zero-order chi connectivity index (χ0) is 21.8. The van der Waals surface area contributed by atoms with Gasteiger partial charge in [0.1, 0.15) is 5.82 Å². The van der Waals surface area contributed by atoms with E-state index in [-0.39, 0.29) is 0 Å². The summed E-state index contributed by atoms with van der Waals surface area (Å²) in [5.74, 6) is 1.17. The van der Waals surface area contributed by atoms with Crippen LogP contribution in [-0.4, -0.2) is 30.3 Å². The predicted molar refractivity (Wildman–Crippen MR) is 134 cm³/mol. The molecule has 2 aromatic rings. The van der Waals surface area contributed by atoms with Crippen LogP contribution in [0.25, 0.3) is 10.4 Å². The average molecular weight is 450 g/mol. The maximum absolute atomic E-state index is 5.42. The van der Waals surface area contributed by atoms with Gasteiger partial charge in [-0.15, -0.1) is 16.4 Å². The lowest BCUT2D eigenvalue weighted by molar-refractivity contribution is 0.572. The second-order valence-corrected chi connectivity index (χ2v) is 10.5. The normalized spacial score (nSPS) is 21.3. The summed E-state index contributed by atoms with van der Waals surface area (Å²) in [7, 11) is 0. The zero-order valence-electron chi connectivity index (χ0n) is 19.4. The van der Waals surface area contributed by atoms with E-state index in [1.165, 1.54) is 76.5 Å². The van der Waals surface area contributed by atoms with Gasteiger partial charge in [-0.3, -0.25) is 0 Å². The van der Waals surface area contributed by atoms with Gasteiger partial charge in [-0.1, -0.05) is 13.3 Å². The molecule has 0 amide bonds. The Labute approximate surface area is 196 Å². The first-order valence-corrected chi connectivity index (χ1v) is 13.5. The van der Waals surface area contributed by atoms with Gasteiger partial charge in [0.15, 0.2) is 0 Å². The van der Waals surface area contributed by atoms with E-state index in [1.807, 2.05) is 11.3 Å². The molecule has 3 aliphatic rings. The van der Waals surface area contributed by atoms with Crippen LogP contribution in [0.4, 0.5) is 5.82 Å². The first-order chi connectivity index (χ1) is 15.8. The Bertz CT molecular complexity index is 1000. The van der Waals surface area contributed by atoms with Crippen molar-refractivity contribution in [2.24, 2.45) is 15.4 Å². The fourth-order valence-corrected chi connectivity index (χ4v) is 6.34. The first-order valence-electron chi connectivity index (χ1n) is 12.7. The Morgan fingerprint density at radius 3 is 2.53 bits per heavy atom. The third kappa shape index (κ3) is 4.52. The van der Waals surface area contributed by atoms with E-state index < -0.39 is 0 Å². The minimum Gasteiger partial charge on any atom is -0.356 e. The predicted octanol–water partition coefficient (Wildman–Crippen LogP) is 6.97. The van der Waals surface area contributed by atoms with Crippen LogP contribution >= 0.6 is 11.3 Å². The Kier molecular flexibility index (Phi) is 6.96. The molecule has 0 radical (unpaired) electrons. The molecule has 170 valence electrons. The number of aromatic nitrogens is 1. The maximum Gasteiger partial charge on any atom is 0.138 e. The lowest BCUT2D eigenvalue weighted by atomic mass is 9.90. The lowest BCUT2D eigenvalue weighted by Crippen LogP contribution is -2.32. The van der Waals surface area contributed by atoms with Crippen molar-refractivity contribution in [3.63, 3.8) is 0 Å². The molecule has 2 aliphatic heterocycles. The van der Waals surface area contributed by atoms with Gasteiger partial charge in [-0.05, 0) is 93.5 Å². The molecule has 4 heterocycles. The molecule has 1 aliphatic carbocycles. The Hall–Kier alpha value is -2.08. The van der Waals surface area contributed by atoms with Crippen LogP contribution in [0.1, 0.15) is 86.4 Å². The van der Waals surface area contributed by atoms with Crippen LogP contribution < -0.4 is 4.90 Å². The summed E-state index contributed by atoms with van der Waals surface area (Å²) in [5, 5.41) is 13.2. The van der Waals surface area contributed by atoms with Crippen molar-refractivity contribution in [1.29, 1.82) is 0 Å². The highest BCUT2D eigenvalue weighted by molar-refractivity contribution is 7.15. The molecular weight excluding hydrogens is 414 g/mol. The highest BCUT2D eigenvalue weighted by atomic mass is 32.1. The number of hydrogen-bond donors (Lipinski definition) is 0. The monoisotopic (exact) mass is 449 g/mol. The molecule has 5 rings (SSSR count). The van der Waals surface area contributed by atoms with E-state index in [4.69, 9.17) is 10.1 Å². The molecule has 0 atom stereocenters. The summed E-state index contributed by atoms with van der Waals surface area (Å²) >= 11 is 1.95. The SMILES string of the molecule is CCc1ccc(-c2c3c(nc(N4CCCCC4)c2/C2=N\N=NCCCC2)CCCCC3)s1. The van der Waals surface area contributed by atoms with E-state index in [0.717, 1.165) is 63.9 Å². The number of piperidine rings is 1. The molecule has 5 nitrogen and oxygen atoms in total. The van der Waals surface area contributed by atoms with Crippen LogP contribution in [0.3, 0.4) is 0 Å². The topological polar surface area (TPSA) is 53.2 Å². The summed E-state index contributed by atoms with van der Waals surface area (Å²) in [6.07, 6.45) is 14.1. The molecule has 0 aromatic carbocycles. The van der Waals surface area contributed by atoms with E-state index in [9.17, 15) is 0 Å². The highest BCUT2D eigenvalue weighted by Gasteiger charge is 2.29. The van der Waals surface area contributed by atoms with Crippen LogP contribution in [0.2, 0.25) is 0 Å². The number of aryl methyl sites for hydroxylation is 2. The highest BCUT2D eigenvalue weighted by Crippen LogP contribution is 2.42. The number of rotatable bonds is 4. The molecular formula is C26H35N5S. The molecule has 32 heavy (non-hydrogen) atoms. The quantitative estimate of drug-likeness (QED) is 0.473. The second-order valence-electron chi connectivity index (χ2n) is 9.30. The second kappa shape index (κ2) is 10.2. The molecule has 0 saturated carbocycles. The molecule has 0 spiro atoms. The van der Waals surface area contributed by atoms with Crippen LogP contribution in [0.5, 0.6) is 0 Å². The van der Waals surface area contributed by atoms with Crippen molar-refractivity contribution in [2.45, 2.75) is 84.0 Å². The molecule has 6 heteroatoms. The van der Waals surface area contributed by atoms with Gasteiger partial charge in [0.25, 0.3) is 0 Å². The fraction of sp³-hybridized carbons (Fsp3) is 0.615. The van der Waals surface area contributed by atoms with E-state index in [2.05, 4.69) is 34.3 Å². The Morgan fingerprint density at radius 2 is 1.69 bits per heavy atom. The molecule has 2 aromatic heterocycles. The standard InChI is InChI=1S/C26H35N5S/c1-2-19-14-15-23(32-19)24-20-11-5-3-6-12-21(20)28-26(31-17-9-4-10-18-31)25(24)22-13-7-8-16-27-30-29-22/h14-15H,2-13,16-18H2,1H3/b29-22-,30-27?. The summed E-state index contributed by atoms with van der Waals surface area (Å²) in [6.45, 7) is 5.23. The number of hydrogen-bond acceptors (Lipinski definition) is 6. The number of pyridine rings is 1. The van der Waals surface area contributed by atoms with Gasteiger partial charge < -0.3 is 4.90 Å². The van der Waals surface area contributed by atoms with Gasteiger partial charge in [-0.2, -0.15) is 5.11 Å². The number of anilines is 1. The third-order valence-electron chi connectivity index (χ3n) is 7.06. The lowest BCUT2D eigenvalue weighted by Gasteiger charge is -2.32. The number of thiophene rings is 1. The van der Waals surface area contributed by atoms with Crippen molar-refractivity contribution in [2.75, 3.05) is 24.5 Å². The van der Waals surface area contributed by atoms with Crippen molar-refractivity contribution in [3.05, 3.63) is 33.8 Å². The maximum atomic E-state index is 5.42. The van der Waals surface area contributed by atoms with Crippen molar-refractivity contribution in [1.82, 2.24) is 4.98 Å². The Morgan fingerprint density at radius 1 is 0.875 bits per heavy atom. The molecule has 1 saturated heterocycles. The van der Waals surface area contributed by atoms with Crippen LogP contribution in [-0.2, 0) is 19.3 Å². The number of fused-ring (bicyclic) bond motifs is 1. The largest absolute Gasteiger partial charge is 0.356 e. The number of nitrogens with zero attached hydrogens (tertiary/aromatic N) is 5. The van der Waals surface area contributed by atoms with Gasteiger partial charge in [0.05, 0.1) is 12.3 Å². The summed E-state index contributed by atoms with van der Waals surface area (Å²) < 4.78 is 0. The van der Waals surface area contributed by atoms with E-state index in [1.54, 1.807) is 0 Å². The summed E-state index contributed by atoms with van der Waals surface area (Å²) in [4.78, 5) is 10.8. The third-order valence-corrected chi connectivity index (χ3v) is 8.30. The molecule has 1 fully saturated rings. The van der Waals surface area contributed by atoms with Crippen molar-refractivity contribution >= 4 is 22.9 Å². The van der Waals surface area contributed by atoms with Gasteiger partial charge in [-0.25, -0.2) is 4.98 Å². The average Bonchev–Trinajstić information content (AvgIpc) is 3.16. The zero-order valence-corrected chi connectivity index (χ0v) is 20.2. The minimum atomic E-state index is 0.788. The first kappa shape index (κ1) is 21.7. The fourth-order valence-electron chi connectivity index (χ4n) is 5.32. The summed E-state index contributed by atoms with van der Waals surface area (Å²) in [6, 6.07) is 4.66. The van der Waals surface area contributed by atoms with Crippen LogP contribution in [0, 0.1) is 0 Å². The van der Waals surface area contributed by atoms with E-state index in [0.29, 0.717) is 0 Å².